The highest BCUT2D eigenvalue weighted by atomic mass is 35.5. The van der Waals surface area contributed by atoms with Gasteiger partial charge in [-0.05, 0) is 43.5 Å². The molecule has 10 nitrogen and oxygen atoms in total. The minimum absolute atomic E-state index is 0.0194. The molecule has 2 aliphatic heterocycles. The van der Waals surface area contributed by atoms with Crippen LogP contribution in [0.25, 0.3) is 0 Å². The number of halogens is 1. The van der Waals surface area contributed by atoms with Gasteiger partial charge in [0, 0.05) is 43.4 Å². The number of carbonyl (C=O) groups excluding carboxylic acids is 2. The lowest BCUT2D eigenvalue weighted by atomic mass is 9.99. The number of pyridine rings is 1. The summed E-state index contributed by atoms with van der Waals surface area (Å²) >= 11 is 6.36. The fourth-order valence-electron chi connectivity index (χ4n) is 4.08. The van der Waals surface area contributed by atoms with Crippen LogP contribution in [0.5, 0.6) is 11.5 Å². The van der Waals surface area contributed by atoms with E-state index >= 15 is 0 Å². The van der Waals surface area contributed by atoms with Crippen LogP contribution in [0.1, 0.15) is 52.5 Å². The van der Waals surface area contributed by atoms with Gasteiger partial charge in [0.15, 0.2) is 0 Å². The van der Waals surface area contributed by atoms with Crippen molar-refractivity contribution in [2.45, 2.75) is 50.9 Å². The number of epoxide rings is 1. The van der Waals surface area contributed by atoms with E-state index in [1.165, 1.54) is 0 Å². The second-order valence-electron chi connectivity index (χ2n) is 9.21. The third-order valence-corrected chi connectivity index (χ3v) is 6.57. The van der Waals surface area contributed by atoms with E-state index in [0.29, 0.717) is 37.1 Å². The van der Waals surface area contributed by atoms with Crippen LogP contribution in [0.15, 0.2) is 60.1 Å². The molecule has 0 aliphatic carbocycles. The number of phenolic OH excluding ortho intramolecular Hbond substituents is 2. The minimum atomic E-state index is -0.764. The van der Waals surface area contributed by atoms with Crippen molar-refractivity contribution in [1.82, 2.24) is 10.3 Å². The SMILES string of the molecule is CC1CC2OC2\C=C/C=C/C(=N\OCCCCNC(=O)c2ccncc2)Cc2c(Cl)c(O)cc(O)c2C(=O)O1. The predicted octanol–water partition coefficient (Wildman–Crippen LogP) is 4.10. The van der Waals surface area contributed by atoms with Crippen LogP contribution in [-0.2, 0) is 20.7 Å². The van der Waals surface area contributed by atoms with Crippen LogP contribution in [0.3, 0.4) is 0 Å². The first-order chi connectivity index (χ1) is 18.8. The molecule has 4 rings (SSSR count). The highest BCUT2D eigenvalue weighted by Gasteiger charge is 2.38. The Morgan fingerprint density at radius 1 is 1.23 bits per heavy atom. The number of carbonyl (C=O) groups is 2. The van der Waals surface area contributed by atoms with E-state index in [0.717, 1.165) is 6.07 Å². The Bertz CT molecular complexity index is 1280. The number of cyclic esters (lactones) is 1. The van der Waals surface area contributed by atoms with Crippen LogP contribution < -0.4 is 5.32 Å². The number of rotatable bonds is 7. The van der Waals surface area contributed by atoms with Gasteiger partial charge in [-0.2, -0.15) is 0 Å². The summed E-state index contributed by atoms with van der Waals surface area (Å²) in [5.41, 5.74) is 0.959. The van der Waals surface area contributed by atoms with Gasteiger partial charge in [-0.25, -0.2) is 4.79 Å². The normalized spacial score (nSPS) is 23.5. The number of nitrogens with zero attached hydrogens (tertiary/aromatic N) is 2. The van der Waals surface area contributed by atoms with Gasteiger partial charge >= 0.3 is 5.97 Å². The molecule has 1 aromatic heterocycles. The predicted molar refractivity (Wildman–Crippen MR) is 144 cm³/mol. The van der Waals surface area contributed by atoms with Crippen LogP contribution in [-0.4, -0.2) is 64.2 Å². The molecule has 0 bridgehead atoms. The molecule has 206 valence electrons. The summed E-state index contributed by atoms with van der Waals surface area (Å²) in [6.45, 7) is 2.50. The standard InChI is InChI=1S/C28H30ClN3O7/c1-17-14-24-23(39-24)7-3-2-6-19(15-20-25(28(36)38-17)21(33)16-22(34)26(20)29)32-37-13-5-4-10-31-27(35)18-8-11-30-12-9-18/h2-3,6-9,11-12,16-17,23-24,33-34H,4-5,10,13-15H2,1H3,(H,31,35)/b6-2+,7-3-,32-19+. The maximum atomic E-state index is 13.0. The quantitative estimate of drug-likeness (QED) is 0.200. The van der Waals surface area contributed by atoms with Crippen LogP contribution >= 0.6 is 11.6 Å². The Labute approximate surface area is 230 Å². The number of hydrogen-bond acceptors (Lipinski definition) is 9. The molecule has 1 fully saturated rings. The molecule has 3 atom stereocenters. The summed E-state index contributed by atoms with van der Waals surface area (Å²) < 4.78 is 11.2. The summed E-state index contributed by atoms with van der Waals surface area (Å²) in [6.07, 6.45) is 11.5. The number of hydrogen-bond donors (Lipinski definition) is 3. The maximum absolute atomic E-state index is 13.0. The monoisotopic (exact) mass is 555 g/mol. The van der Waals surface area contributed by atoms with Crippen molar-refractivity contribution in [1.29, 1.82) is 0 Å². The zero-order valence-electron chi connectivity index (χ0n) is 21.4. The maximum Gasteiger partial charge on any atom is 0.342 e. The van der Waals surface area contributed by atoms with Gasteiger partial charge in [0.1, 0.15) is 35.9 Å². The minimum Gasteiger partial charge on any atom is -0.507 e. The fourth-order valence-corrected chi connectivity index (χ4v) is 4.30. The third-order valence-electron chi connectivity index (χ3n) is 6.15. The van der Waals surface area contributed by atoms with Crippen molar-refractivity contribution in [3.05, 3.63) is 76.6 Å². The van der Waals surface area contributed by atoms with E-state index in [9.17, 15) is 19.8 Å². The lowest BCUT2D eigenvalue weighted by Crippen LogP contribution is -2.24. The van der Waals surface area contributed by atoms with Crippen molar-refractivity contribution in [3.8, 4) is 11.5 Å². The van der Waals surface area contributed by atoms with E-state index in [1.54, 1.807) is 43.6 Å². The zero-order valence-corrected chi connectivity index (χ0v) is 22.1. The van der Waals surface area contributed by atoms with Crippen LogP contribution in [0.4, 0.5) is 0 Å². The molecule has 3 unspecified atom stereocenters. The summed E-state index contributed by atoms with van der Waals surface area (Å²) in [6, 6.07) is 4.29. The topological polar surface area (TPSA) is 143 Å². The average Bonchev–Trinajstić information content (AvgIpc) is 3.65. The molecule has 3 heterocycles. The number of amides is 1. The van der Waals surface area contributed by atoms with Crippen molar-refractivity contribution in [2.24, 2.45) is 5.16 Å². The molecule has 0 radical (unpaired) electrons. The number of oxime groups is 1. The van der Waals surface area contributed by atoms with Gasteiger partial charge in [-0.3, -0.25) is 9.78 Å². The van der Waals surface area contributed by atoms with Crippen LogP contribution in [0.2, 0.25) is 5.02 Å². The highest BCUT2D eigenvalue weighted by Crippen LogP contribution is 2.38. The second-order valence-corrected chi connectivity index (χ2v) is 9.59. The first-order valence-electron chi connectivity index (χ1n) is 12.6. The zero-order chi connectivity index (χ0) is 27.8. The number of benzene rings is 1. The number of aromatic nitrogens is 1. The van der Waals surface area contributed by atoms with E-state index in [4.69, 9.17) is 25.9 Å². The Morgan fingerprint density at radius 3 is 2.82 bits per heavy atom. The molecule has 0 spiro atoms. The molecule has 11 heteroatoms. The number of phenols is 2. The van der Waals surface area contributed by atoms with E-state index < -0.39 is 17.8 Å². The van der Waals surface area contributed by atoms with Crippen molar-refractivity contribution in [2.75, 3.05) is 13.2 Å². The average molecular weight is 556 g/mol. The highest BCUT2D eigenvalue weighted by molar-refractivity contribution is 6.33. The van der Waals surface area contributed by atoms with E-state index in [2.05, 4.69) is 15.5 Å². The van der Waals surface area contributed by atoms with Crippen molar-refractivity contribution < 1.29 is 34.1 Å². The number of esters is 1. The molecular weight excluding hydrogens is 526 g/mol. The first kappa shape index (κ1) is 28.1. The molecular formula is C28H30ClN3O7. The van der Waals surface area contributed by atoms with Crippen molar-refractivity contribution in [3.63, 3.8) is 0 Å². The van der Waals surface area contributed by atoms with Gasteiger partial charge < -0.3 is 29.8 Å². The number of aromatic hydroxyl groups is 2. The number of fused-ring (bicyclic) bond motifs is 2. The Kier molecular flexibility index (Phi) is 9.56. The Hall–Kier alpha value is -3.89. The number of nitrogens with one attached hydrogen (secondary N) is 1. The molecule has 1 aromatic carbocycles. The van der Waals surface area contributed by atoms with Gasteiger partial charge in [0.05, 0.1) is 16.8 Å². The van der Waals surface area contributed by atoms with Gasteiger partial charge in [0.25, 0.3) is 5.91 Å². The summed E-state index contributed by atoms with van der Waals surface area (Å²) in [4.78, 5) is 34.5. The van der Waals surface area contributed by atoms with Gasteiger partial charge in [0.2, 0.25) is 0 Å². The largest absolute Gasteiger partial charge is 0.507 e. The number of unbranched alkanes of at least 4 members (excludes halogenated alkanes) is 1. The third kappa shape index (κ3) is 7.81. The molecule has 2 aromatic rings. The summed E-state index contributed by atoms with van der Waals surface area (Å²) in [7, 11) is 0. The molecule has 2 aliphatic rings. The molecule has 0 saturated carbocycles. The summed E-state index contributed by atoms with van der Waals surface area (Å²) in [5, 5.41) is 27.7. The molecule has 39 heavy (non-hydrogen) atoms. The molecule has 1 saturated heterocycles. The second kappa shape index (κ2) is 13.3. The lowest BCUT2D eigenvalue weighted by Gasteiger charge is -2.17. The van der Waals surface area contributed by atoms with E-state index in [-0.39, 0.29) is 53.0 Å². The molecule has 3 N–H and O–H groups in total. The Morgan fingerprint density at radius 2 is 2.03 bits per heavy atom. The lowest BCUT2D eigenvalue weighted by molar-refractivity contribution is 0.0305. The molecule has 1 amide bonds. The summed E-state index contributed by atoms with van der Waals surface area (Å²) in [5.74, 6) is -1.76. The van der Waals surface area contributed by atoms with Gasteiger partial charge in [-0.1, -0.05) is 35.0 Å². The van der Waals surface area contributed by atoms with E-state index in [1.807, 2.05) is 12.2 Å². The van der Waals surface area contributed by atoms with Crippen LogP contribution in [0, 0.1) is 0 Å². The number of allylic oxidation sites excluding steroid dienone is 3. The first-order valence-corrected chi connectivity index (χ1v) is 13.0. The fraction of sp³-hybridized carbons (Fsp3) is 0.357. The smallest absolute Gasteiger partial charge is 0.342 e. The van der Waals surface area contributed by atoms with Crippen molar-refractivity contribution >= 4 is 29.2 Å². The Balaban J connectivity index is 1.43. The van der Waals surface area contributed by atoms with Gasteiger partial charge in [-0.15, -0.1) is 0 Å². The number of ether oxygens (including phenoxy) is 2.